The number of primary amides is 2. The monoisotopic (exact) mass is 1930 g/mol. The van der Waals surface area contributed by atoms with E-state index in [0.29, 0.717) is 53.3 Å². The standard InChI is InChI=1S/C95H140N20O23/c1-50(2)44-69(106-60(13)117)88(133)113-76(59(12)116)91(136)111-72(46-61-30-24-23-25-31-61)90(135)115-95(15)43-29-22-20-18-16-17-19-21-28-42-94(14,92(137)105-58(11)82(127)103-56(9)81(126)102-55(8)80(125)101-54(7)79(124)100-53(6)78(123)99-52(5)77(97)122)114-89(134)70(45-51(3)4)108-84(129)67(38-40-74(96)119)107-83(128)57(10)104-86(131)73(48-63-49-98-66-33-27-26-32-65(63)66)110-87(132)71(47-62-34-36-64(118)37-35-62)109-85(130)68(112-93(95)138)39-41-75(120)121/h17,19,23-27,30-37,49-59,67-73,76,98,116,118H,16,18,20-22,28-29,38-48H2,1-15H3,(H2,96,119)(H2,97,122)(H,99,123)(H,100,124)(H,101,125)(H,102,126)(H,103,127)(H,104,131)(H,105,137)(H,106,117)(H,107,128)(H,108,129)(H,109,130)(H,110,132)(H,111,136)(H,112,138)(H,113,133)(H,114,134)(H,115,135)(H,120,121)/b19-17-/t52-,53+,54+,55+,56+,57+,58+,59-,67+,68+,69+,70+,71+,72+,73+,76+,94+,95-/m1/s1. The van der Waals surface area contributed by atoms with E-state index in [4.69, 9.17) is 11.5 Å². The molecule has 0 saturated heterocycles. The molecule has 0 unspecified atom stereocenters. The van der Waals surface area contributed by atoms with Gasteiger partial charge < -0.3 is 122 Å². The van der Waals surface area contributed by atoms with E-state index in [2.05, 4.69) is 95.4 Å². The number of aliphatic hydroxyl groups is 1. The summed E-state index contributed by atoms with van der Waals surface area (Å²) in [4.78, 5) is 283. The summed E-state index contributed by atoms with van der Waals surface area (Å²) in [7, 11) is 0. The second-order valence-corrected chi connectivity index (χ2v) is 36.6. The van der Waals surface area contributed by atoms with Crippen molar-refractivity contribution in [3.05, 3.63) is 114 Å². The Kier molecular flexibility index (Phi) is 46.0. The zero-order chi connectivity index (χ0) is 103. The third-order valence-corrected chi connectivity index (χ3v) is 23.1. The summed E-state index contributed by atoms with van der Waals surface area (Å²) in [5.41, 5.74) is 8.67. The first-order valence-corrected chi connectivity index (χ1v) is 46.5. The average Bonchev–Trinajstić information content (AvgIpc) is 1.57. The van der Waals surface area contributed by atoms with Gasteiger partial charge in [-0.15, -0.1) is 0 Å². The smallest absolute Gasteiger partial charge is 0.303 e. The highest BCUT2D eigenvalue weighted by Crippen LogP contribution is 2.25. The van der Waals surface area contributed by atoms with E-state index >= 15 is 28.8 Å². The zero-order valence-corrected chi connectivity index (χ0v) is 81.0. The molecule has 4 aromatic rings. The lowest BCUT2D eigenvalue weighted by molar-refractivity contribution is -0.140. The number of aliphatic carboxylic acids is 1. The normalized spacial score (nSPS) is 21.9. The Morgan fingerprint density at radius 1 is 0.464 bits per heavy atom. The number of benzene rings is 3. The highest BCUT2D eigenvalue weighted by Gasteiger charge is 2.44. The molecule has 0 bridgehead atoms. The van der Waals surface area contributed by atoms with Gasteiger partial charge >= 0.3 is 5.97 Å². The largest absolute Gasteiger partial charge is 0.508 e. The molecule has 3 aromatic carbocycles. The molecule has 0 radical (unpaired) electrons. The van der Waals surface area contributed by atoms with E-state index in [1.165, 1.54) is 100 Å². The highest BCUT2D eigenvalue weighted by molar-refractivity contribution is 6.03. The number of hydrogen-bond donors (Lipinski definition) is 23. The van der Waals surface area contributed by atoms with Gasteiger partial charge in [0, 0.05) is 56.1 Å². The second kappa shape index (κ2) is 55.3. The number of nitrogens with two attached hydrogens (primary N) is 2. The number of nitrogens with one attached hydrogen (secondary N) is 18. The minimum absolute atomic E-state index is 0.107. The number of fused-ring (bicyclic) bond motifs is 1. The predicted octanol–water partition coefficient (Wildman–Crippen LogP) is -0.748. The molecule has 1 aliphatic rings. The molecule has 43 nitrogen and oxygen atoms in total. The van der Waals surface area contributed by atoms with Gasteiger partial charge in [0.05, 0.1) is 6.10 Å². The fourth-order valence-corrected chi connectivity index (χ4v) is 14.9. The maximum Gasteiger partial charge on any atom is 0.303 e. The summed E-state index contributed by atoms with van der Waals surface area (Å²) in [6, 6.07) is -1.45. The molecular formula is C95H140N20O23. The number of aliphatic hydroxyl groups excluding tert-OH is 1. The van der Waals surface area contributed by atoms with Crippen LogP contribution in [-0.4, -0.2) is 246 Å². The number of H-pyrrole nitrogens is 1. The average molecular weight is 1930 g/mol. The summed E-state index contributed by atoms with van der Waals surface area (Å²) >= 11 is 0. The van der Waals surface area contributed by atoms with Crippen molar-refractivity contribution >= 4 is 129 Å². The van der Waals surface area contributed by atoms with Crippen molar-refractivity contribution in [2.45, 2.75) is 327 Å². The molecule has 0 aliphatic carbocycles. The van der Waals surface area contributed by atoms with Crippen molar-refractivity contribution in [2.24, 2.45) is 23.3 Å². The Bertz CT molecular complexity index is 4970. The summed E-state index contributed by atoms with van der Waals surface area (Å²) < 4.78 is 0. The van der Waals surface area contributed by atoms with Crippen molar-refractivity contribution in [2.75, 3.05) is 0 Å². The molecule has 0 fully saturated rings. The minimum atomic E-state index is -2.08. The molecule has 0 saturated carbocycles. The van der Waals surface area contributed by atoms with Crippen LogP contribution in [0.15, 0.2) is 97.2 Å². The number of amides is 19. The number of aromatic hydroxyl groups is 1. The summed E-state index contributed by atoms with van der Waals surface area (Å²) in [5, 5.41) is 76.0. The first-order chi connectivity index (χ1) is 64.8. The zero-order valence-electron chi connectivity index (χ0n) is 81.0. The lowest BCUT2D eigenvalue weighted by atomic mass is 9.91. The Balaban J connectivity index is 1.58. The van der Waals surface area contributed by atoms with Crippen molar-refractivity contribution in [3.63, 3.8) is 0 Å². The van der Waals surface area contributed by atoms with Gasteiger partial charge in [-0.25, -0.2) is 0 Å². The summed E-state index contributed by atoms with van der Waals surface area (Å²) in [6.45, 7) is 21.2. The van der Waals surface area contributed by atoms with Gasteiger partial charge in [0.15, 0.2) is 0 Å². The van der Waals surface area contributed by atoms with Crippen LogP contribution in [-0.2, 0) is 115 Å². The molecule has 19 amide bonds. The van der Waals surface area contributed by atoms with Gasteiger partial charge in [0.25, 0.3) is 0 Å². The van der Waals surface area contributed by atoms with Crippen LogP contribution in [0.1, 0.15) is 217 Å². The van der Waals surface area contributed by atoms with Gasteiger partial charge in [0.2, 0.25) is 112 Å². The third-order valence-electron chi connectivity index (χ3n) is 23.1. The van der Waals surface area contributed by atoms with E-state index in [1.807, 2.05) is 12.2 Å². The van der Waals surface area contributed by atoms with E-state index in [9.17, 15) is 82.4 Å². The molecule has 5 rings (SSSR count). The number of carbonyl (C=O) groups excluding carboxylic acids is 19. The van der Waals surface area contributed by atoms with Crippen molar-refractivity contribution in [1.29, 1.82) is 0 Å². The van der Waals surface area contributed by atoms with Crippen LogP contribution >= 0.6 is 0 Å². The molecule has 758 valence electrons. The van der Waals surface area contributed by atoms with Gasteiger partial charge in [-0.05, 0) is 180 Å². The lowest BCUT2D eigenvalue weighted by Crippen LogP contribution is -2.65. The van der Waals surface area contributed by atoms with E-state index in [-0.39, 0.29) is 75.4 Å². The summed E-state index contributed by atoms with van der Waals surface area (Å²) in [5.74, 6) is -19.7. The number of hydrogen-bond acceptors (Lipinski definition) is 22. The summed E-state index contributed by atoms with van der Waals surface area (Å²) in [6.07, 6.45) is 2.39. The fourth-order valence-electron chi connectivity index (χ4n) is 14.9. The number of phenols is 1. The Morgan fingerprint density at radius 2 is 0.957 bits per heavy atom. The van der Waals surface area contributed by atoms with Crippen molar-refractivity contribution < 1.29 is 111 Å². The second-order valence-electron chi connectivity index (χ2n) is 36.6. The number of aromatic nitrogens is 1. The van der Waals surface area contributed by atoms with Crippen LogP contribution in [0, 0.1) is 11.8 Å². The van der Waals surface area contributed by atoms with Crippen LogP contribution in [0.4, 0.5) is 0 Å². The topological polar surface area (TPSA) is 674 Å². The predicted molar refractivity (Wildman–Crippen MR) is 507 cm³/mol. The van der Waals surface area contributed by atoms with Gasteiger partial charge in [0.1, 0.15) is 107 Å². The number of carbonyl (C=O) groups is 20. The van der Waals surface area contributed by atoms with Crippen LogP contribution in [0.5, 0.6) is 5.75 Å². The molecule has 1 aliphatic heterocycles. The van der Waals surface area contributed by atoms with Crippen molar-refractivity contribution in [1.82, 2.24) is 95.4 Å². The Hall–Kier alpha value is -13.9. The number of rotatable bonds is 37. The third kappa shape index (κ3) is 38.3. The first-order valence-electron chi connectivity index (χ1n) is 46.5. The number of phenolic OH excluding ortho intramolecular Hbond substituents is 1. The highest BCUT2D eigenvalue weighted by atomic mass is 16.4. The minimum Gasteiger partial charge on any atom is -0.508 e. The lowest BCUT2D eigenvalue weighted by Gasteiger charge is -2.34. The SMILES string of the molecule is CC(=O)N[C@@H](CC(C)C)C(=O)N[C@H](C(=O)N[C@@H](Cc1ccccc1)C(=O)N[C@]1(C)CCCCCC/C=C\CCC[C@@](C)(C(=O)N[C@@H](C)C(=O)N[C@@H](C)C(=O)N[C@@H](C)C(=O)N[C@@H](C)C(=O)N[C@@H](C)C(=O)N[C@H](C)C(N)=O)NC(=O)[C@H](CC(C)C)NC(=O)[C@H](CCC(N)=O)NC(=O)[C@H](C)NC(=O)[C@H](Cc2c[nH]c3ccccc23)NC(=O)[C@H](Cc2ccc(O)cc2)NC(=O)[C@H](CCC(=O)O)NC1=O)[C@@H](C)O. The van der Waals surface area contributed by atoms with Gasteiger partial charge in [-0.3, -0.25) is 95.9 Å². The maximum atomic E-state index is 15.6. The number of allylic oxidation sites excluding steroid dienone is 2. The number of carboxylic acids is 1. The van der Waals surface area contributed by atoms with Crippen molar-refractivity contribution in [3.8, 4) is 5.75 Å². The quantitative estimate of drug-likeness (QED) is 0.0247. The first kappa shape index (κ1) is 115. The molecule has 1 aromatic heterocycles. The van der Waals surface area contributed by atoms with Gasteiger partial charge in [-0.1, -0.05) is 120 Å². The van der Waals surface area contributed by atoms with Gasteiger partial charge in [-0.2, -0.15) is 0 Å². The van der Waals surface area contributed by atoms with Crippen LogP contribution in [0.25, 0.3) is 10.9 Å². The van der Waals surface area contributed by atoms with E-state index in [0.717, 1.165) is 0 Å². The molecule has 18 atom stereocenters. The Labute approximate surface area is 802 Å². The van der Waals surface area contributed by atoms with Crippen LogP contribution in [0.2, 0.25) is 0 Å². The van der Waals surface area contributed by atoms with E-state index < -0.39 is 258 Å². The van der Waals surface area contributed by atoms with E-state index in [1.54, 1.807) is 88.5 Å². The molecular weight excluding hydrogens is 1790 g/mol. The number of carboxylic acid groups (broad SMARTS) is 1. The number of aromatic amines is 1. The molecule has 25 N–H and O–H groups in total. The van der Waals surface area contributed by atoms with Crippen LogP contribution in [0.3, 0.4) is 0 Å². The molecule has 138 heavy (non-hydrogen) atoms. The number of para-hydroxylation sites is 1. The fraction of sp³-hybridized carbons (Fsp3) is 0.558. The molecule has 43 heteroatoms. The molecule has 2 heterocycles. The van der Waals surface area contributed by atoms with Crippen LogP contribution < -0.4 is 102 Å². The molecule has 0 spiro atoms. The maximum absolute atomic E-state index is 15.6. The Morgan fingerprint density at radius 3 is 1.49 bits per heavy atom.